The normalized spacial score (nSPS) is 10.8. The number of para-hydroxylation sites is 1. The van der Waals surface area contributed by atoms with E-state index < -0.39 is 5.91 Å². The Balaban J connectivity index is 1.32. The Bertz CT molecular complexity index is 1280. The molecule has 0 radical (unpaired) electrons. The van der Waals surface area contributed by atoms with Crippen molar-refractivity contribution in [3.8, 4) is 17.0 Å². The fourth-order valence-electron chi connectivity index (χ4n) is 3.62. The standard InChI is InChI=1S/C25H23FN4O3/c1-16-14-21(17(2)30(16)20-6-4-3-5-7-20)25(32)29-28-23(31)12-13-24-27-15-22(33-24)18-8-10-19(26)11-9-18/h3-11,14-15H,12-13H2,1-2H3,(H,28,31)(H,29,32). The van der Waals surface area contributed by atoms with E-state index in [9.17, 15) is 14.0 Å². The van der Waals surface area contributed by atoms with E-state index in [1.165, 1.54) is 18.3 Å². The van der Waals surface area contributed by atoms with Crippen molar-refractivity contribution in [2.75, 3.05) is 0 Å². The van der Waals surface area contributed by atoms with Gasteiger partial charge in [-0.2, -0.15) is 0 Å². The number of oxazole rings is 1. The summed E-state index contributed by atoms with van der Waals surface area (Å²) in [5.74, 6) is -0.232. The summed E-state index contributed by atoms with van der Waals surface area (Å²) in [7, 11) is 0. The highest BCUT2D eigenvalue weighted by atomic mass is 19.1. The topological polar surface area (TPSA) is 89.2 Å². The summed E-state index contributed by atoms with van der Waals surface area (Å²) in [4.78, 5) is 29.0. The highest BCUT2D eigenvalue weighted by Crippen LogP contribution is 2.22. The van der Waals surface area contributed by atoms with Gasteiger partial charge in [0.1, 0.15) is 5.82 Å². The third-order valence-corrected chi connectivity index (χ3v) is 5.25. The zero-order valence-corrected chi connectivity index (χ0v) is 18.3. The molecule has 0 saturated carbocycles. The summed E-state index contributed by atoms with van der Waals surface area (Å²) in [6, 6.07) is 17.4. The second-order valence-corrected chi connectivity index (χ2v) is 7.58. The molecule has 0 spiro atoms. The number of benzene rings is 2. The van der Waals surface area contributed by atoms with E-state index in [0.717, 1.165) is 17.1 Å². The number of carbonyl (C=O) groups excluding carboxylic acids is 2. The number of rotatable bonds is 6. The van der Waals surface area contributed by atoms with Gasteiger partial charge in [-0.05, 0) is 56.3 Å². The number of aryl methyl sites for hydroxylation is 2. The average molecular weight is 446 g/mol. The molecule has 2 amide bonds. The molecular weight excluding hydrogens is 423 g/mol. The van der Waals surface area contributed by atoms with Crippen molar-refractivity contribution in [2.45, 2.75) is 26.7 Å². The number of aromatic nitrogens is 2. The quantitative estimate of drug-likeness (QED) is 0.433. The minimum Gasteiger partial charge on any atom is -0.441 e. The minimum absolute atomic E-state index is 0.0761. The van der Waals surface area contributed by atoms with Gasteiger partial charge in [0.15, 0.2) is 11.7 Å². The van der Waals surface area contributed by atoms with Crippen molar-refractivity contribution in [1.29, 1.82) is 0 Å². The number of halogens is 1. The molecule has 168 valence electrons. The molecule has 0 bridgehead atoms. The number of amides is 2. The van der Waals surface area contributed by atoms with Crippen molar-refractivity contribution >= 4 is 11.8 Å². The molecular formula is C25H23FN4O3. The third-order valence-electron chi connectivity index (χ3n) is 5.25. The molecule has 0 saturated heterocycles. The number of carbonyl (C=O) groups is 2. The maximum absolute atomic E-state index is 13.1. The van der Waals surface area contributed by atoms with Crippen LogP contribution < -0.4 is 10.9 Å². The summed E-state index contributed by atoms with van der Waals surface area (Å²) in [5, 5.41) is 0. The Morgan fingerprint density at radius 3 is 2.48 bits per heavy atom. The Hall–Kier alpha value is -4.20. The van der Waals surface area contributed by atoms with E-state index in [-0.39, 0.29) is 24.6 Å². The second kappa shape index (κ2) is 9.52. The highest BCUT2D eigenvalue weighted by Gasteiger charge is 2.17. The summed E-state index contributed by atoms with van der Waals surface area (Å²) < 4.78 is 20.7. The molecule has 8 heteroatoms. The lowest BCUT2D eigenvalue weighted by Gasteiger charge is -2.10. The largest absolute Gasteiger partial charge is 0.441 e. The smallest absolute Gasteiger partial charge is 0.271 e. The van der Waals surface area contributed by atoms with Gasteiger partial charge in [0.2, 0.25) is 5.91 Å². The van der Waals surface area contributed by atoms with Crippen molar-refractivity contribution < 1.29 is 18.4 Å². The van der Waals surface area contributed by atoms with E-state index in [2.05, 4.69) is 15.8 Å². The Kier molecular flexibility index (Phi) is 6.35. The molecule has 0 unspecified atom stereocenters. The third kappa shape index (κ3) is 5.01. The molecule has 4 rings (SSSR count). The number of nitrogens with zero attached hydrogens (tertiary/aromatic N) is 2. The molecule has 0 aliphatic rings. The van der Waals surface area contributed by atoms with Gasteiger partial charge in [-0.3, -0.25) is 20.4 Å². The molecule has 7 nitrogen and oxygen atoms in total. The number of hydrazine groups is 1. The molecule has 2 N–H and O–H groups in total. The van der Waals surface area contributed by atoms with Gasteiger partial charge in [-0.25, -0.2) is 9.37 Å². The van der Waals surface area contributed by atoms with Gasteiger partial charge < -0.3 is 8.98 Å². The van der Waals surface area contributed by atoms with Crippen molar-refractivity contribution in [1.82, 2.24) is 20.4 Å². The summed E-state index contributed by atoms with van der Waals surface area (Å²) >= 11 is 0. The van der Waals surface area contributed by atoms with Gasteiger partial charge in [-0.15, -0.1) is 0 Å². The molecule has 2 aromatic heterocycles. The van der Waals surface area contributed by atoms with Crippen LogP contribution in [0.4, 0.5) is 4.39 Å². The summed E-state index contributed by atoms with van der Waals surface area (Å²) in [5.41, 5.74) is 8.72. The second-order valence-electron chi connectivity index (χ2n) is 7.58. The van der Waals surface area contributed by atoms with E-state index in [1.54, 1.807) is 18.2 Å². The molecule has 2 aromatic carbocycles. The first-order valence-electron chi connectivity index (χ1n) is 10.5. The van der Waals surface area contributed by atoms with Gasteiger partial charge in [0.05, 0.1) is 11.8 Å². The lowest BCUT2D eigenvalue weighted by atomic mass is 10.2. The molecule has 2 heterocycles. The van der Waals surface area contributed by atoms with Crippen LogP contribution >= 0.6 is 0 Å². The maximum atomic E-state index is 13.1. The van der Waals surface area contributed by atoms with Crippen LogP contribution in [0.5, 0.6) is 0 Å². The lowest BCUT2D eigenvalue weighted by Crippen LogP contribution is -2.41. The maximum Gasteiger partial charge on any atom is 0.271 e. The molecule has 0 aliphatic carbocycles. The van der Waals surface area contributed by atoms with E-state index in [0.29, 0.717) is 22.8 Å². The predicted molar refractivity (Wildman–Crippen MR) is 121 cm³/mol. The van der Waals surface area contributed by atoms with Crippen molar-refractivity contribution in [3.63, 3.8) is 0 Å². The lowest BCUT2D eigenvalue weighted by molar-refractivity contribution is -0.121. The summed E-state index contributed by atoms with van der Waals surface area (Å²) in [6.07, 6.45) is 1.86. The van der Waals surface area contributed by atoms with Gasteiger partial charge in [0, 0.05) is 35.5 Å². The molecule has 4 aromatic rings. The zero-order chi connectivity index (χ0) is 23.4. The average Bonchev–Trinajstić information content (AvgIpc) is 3.41. The van der Waals surface area contributed by atoms with Crippen LogP contribution in [0.25, 0.3) is 17.0 Å². The first-order valence-corrected chi connectivity index (χ1v) is 10.5. The van der Waals surface area contributed by atoms with Crippen LogP contribution in [0.2, 0.25) is 0 Å². The van der Waals surface area contributed by atoms with Crippen LogP contribution in [0, 0.1) is 19.7 Å². The predicted octanol–water partition coefficient (Wildman–Crippen LogP) is 4.28. The highest BCUT2D eigenvalue weighted by molar-refractivity contribution is 5.97. The Morgan fingerprint density at radius 1 is 1.03 bits per heavy atom. The number of hydrogen-bond donors (Lipinski definition) is 2. The van der Waals surface area contributed by atoms with Gasteiger partial charge >= 0.3 is 0 Å². The molecule has 0 fully saturated rings. The summed E-state index contributed by atoms with van der Waals surface area (Å²) in [6.45, 7) is 3.78. The number of hydrogen-bond acceptors (Lipinski definition) is 4. The molecule has 0 aliphatic heterocycles. The van der Waals surface area contributed by atoms with Gasteiger partial charge in [-0.1, -0.05) is 18.2 Å². The Morgan fingerprint density at radius 2 is 1.76 bits per heavy atom. The van der Waals surface area contributed by atoms with E-state index in [4.69, 9.17) is 4.42 Å². The first-order chi connectivity index (χ1) is 15.9. The van der Waals surface area contributed by atoms with Crippen LogP contribution in [-0.2, 0) is 11.2 Å². The van der Waals surface area contributed by atoms with Crippen LogP contribution in [-0.4, -0.2) is 21.4 Å². The van der Waals surface area contributed by atoms with Crippen LogP contribution in [0.1, 0.15) is 34.1 Å². The minimum atomic E-state index is -0.395. The van der Waals surface area contributed by atoms with E-state index >= 15 is 0 Å². The SMILES string of the molecule is Cc1cc(C(=O)NNC(=O)CCc2ncc(-c3ccc(F)cc3)o2)c(C)n1-c1ccccc1. The first kappa shape index (κ1) is 22.0. The van der Waals surface area contributed by atoms with Crippen molar-refractivity contribution in [2.24, 2.45) is 0 Å². The molecule has 33 heavy (non-hydrogen) atoms. The van der Waals surface area contributed by atoms with Gasteiger partial charge in [0.25, 0.3) is 5.91 Å². The van der Waals surface area contributed by atoms with Crippen molar-refractivity contribution in [3.05, 3.63) is 95.5 Å². The van der Waals surface area contributed by atoms with E-state index in [1.807, 2.05) is 48.7 Å². The fraction of sp³-hybridized carbons (Fsp3) is 0.160. The van der Waals surface area contributed by atoms with Crippen LogP contribution in [0.15, 0.2) is 71.3 Å². The monoisotopic (exact) mass is 446 g/mol. The molecule has 0 atom stereocenters. The zero-order valence-electron chi connectivity index (χ0n) is 18.3. The number of nitrogens with one attached hydrogen (secondary N) is 2. The Labute approximate surface area is 190 Å². The van der Waals surface area contributed by atoms with Crippen LogP contribution in [0.3, 0.4) is 0 Å². The fourth-order valence-corrected chi connectivity index (χ4v) is 3.62.